The van der Waals surface area contributed by atoms with Crippen molar-refractivity contribution in [3.05, 3.63) is 5.82 Å². The maximum Gasteiger partial charge on any atom is 0.170 e. The summed E-state index contributed by atoms with van der Waals surface area (Å²) in [6.07, 6.45) is 0.913. The summed E-state index contributed by atoms with van der Waals surface area (Å²) < 4.78 is 5.00. The van der Waals surface area contributed by atoms with Crippen LogP contribution in [0.3, 0.4) is 0 Å². The van der Waals surface area contributed by atoms with Crippen LogP contribution in [0.5, 0.6) is 0 Å². The first-order chi connectivity index (χ1) is 7.52. The Labute approximate surface area is 105 Å². The number of aromatic nitrogens is 2. The fourth-order valence-corrected chi connectivity index (χ4v) is 3.29. The molecule has 0 aliphatic carbocycles. The first-order valence-electron chi connectivity index (χ1n) is 5.36. The van der Waals surface area contributed by atoms with Crippen LogP contribution in [0.1, 0.15) is 26.1 Å². The first kappa shape index (κ1) is 13.9. The highest BCUT2D eigenvalue weighted by Gasteiger charge is 2.20. The Morgan fingerprint density at radius 3 is 2.62 bits per heavy atom. The van der Waals surface area contributed by atoms with E-state index in [0.717, 1.165) is 16.6 Å². The van der Waals surface area contributed by atoms with Crippen molar-refractivity contribution in [1.29, 1.82) is 0 Å². The number of hydrogen-bond acceptors (Lipinski definition) is 6. The van der Waals surface area contributed by atoms with Crippen molar-refractivity contribution in [3.8, 4) is 0 Å². The third-order valence-electron chi connectivity index (χ3n) is 2.16. The van der Waals surface area contributed by atoms with Crippen LogP contribution in [0, 0.1) is 12.8 Å². The molecule has 92 valence electrons. The molecule has 1 aromatic heterocycles. The van der Waals surface area contributed by atoms with E-state index in [1.54, 1.807) is 0 Å². The summed E-state index contributed by atoms with van der Waals surface area (Å²) >= 11 is 2.89. The zero-order chi connectivity index (χ0) is 12.1. The van der Waals surface area contributed by atoms with Crippen LogP contribution in [-0.4, -0.2) is 32.4 Å². The van der Waals surface area contributed by atoms with Crippen LogP contribution in [0.15, 0.2) is 4.34 Å². The van der Waals surface area contributed by atoms with Crippen molar-refractivity contribution in [2.24, 2.45) is 11.7 Å². The fraction of sp³-hybridized carbons (Fsp3) is 0.800. The molecule has 0 saturated heterocycles. The van der Waals surface area contributed by atoms with Gasteiger partial charge in [-0.2, -0.15) is 4.37 Å². The average molecular weight is 261 g/mol. The molecule has 2 atom stereocenters. The highest BCUT2D eigenvalue weighted by Crippen LogP contribution is 2.27. The van der Waals surface area contributed by atoms with Crippen molar-refractivity contribution in [2.45, 2.75) is 42.8 Å². The summed E-state index contributed by atoms with van der Waals surface area (Å²) in [4.78, 5) is 4.26. The zero-order valence-corrected chi connectivity index (χ0v) is 11.5. The van der Waals surface area contributed by atoms with Crippen molar-refractivity contribution in [3.63, 3.8) is 0 Å². The van der Waals surface area contributed by atoms with E-state index in [0.29, 0.717) is 5.92 Å². The van der Waals surface area contributed by atoms with Crippen LogP contribution in [0.4, 0.5) is 0 Å². The lowest BCUT2D eigenvalue weighted by Gasteiger charge is -2.21. The van der Waals surface area contributed by atoms with Crippen molar-refractivity contribution < 1.29 is 5.11 Å². The molecule has 0 radical (unpaired) electrons. The van der Waals surface area contributed by atoms with Gasteiger partial charge in [0.15, 0.2) is 4.34 Å². The Kier molecular flexibility index (Phi) is 5.68. The molecule has 0 fully saturated rings. The summed E-state index contributed by atoms with van der Waals surface area (Å²) in [5, 5.41) is 9.34. The van der Waals surface area contributed by atoms with Crippen molar-refractivity contribution >= 4 is 23.3 Å². The van der Waals surface area contributed by atoms with Gasteiger partial charge in [0.25, 0.3) is 0 Å². The molecule has 0 amide bonds. The van der Waals surface area contributed by atoms with Crippen LogP contribution >= 0.6 is 23.3 Å². The Morgan fingerprint density at radius 2 is 2.19 bits per heavy atom. The fourth-order valence-electron chi connectivity index (χ4n) is 1.41. The lowest BCUT2D eigenvalue weighted by atomic mass is 10.0. The lowest BCUT2D eigenvalue weighted by molar-refractivity contribution is 0.275. The number of aliphatic hydroxyl groups is 1. The minimum atomic E-state index is -0.000735. The standard InChI is InChI=1S/C10H19N3OS2/c1-6(2)4-8(11)9(5-14)15-10-12-7(3)13-16-10/h6,8-9,14H,4-5,11H2,1-3H3. The second-order valence-electron chi connectivity index (χ2n) is 4.24. The number of aliphatic hydroxyl groups excluding tert-OH is 1. The molecule has 3 N–H and O–H groups in total. The molecule has 2 unspecified atom stereocenters. The van der Waals surface area contributed by atoms with Gasteiger partial charge in [-0.25, -0.2) is 4.98 Å². The Morgan fingerprint density at radius 1 is 1.50 bits per heavy atom. The van der Waals surface area contributed by atoms with E-state index in [4.69, 9.17) is 5.73 Å². The molecular weight excluding hydrogens is 242 g/mol. The second kappa shape index (κ2) is 6.54. The lowest BCUT2D eigenvalue weighted by Crippen LogP contribution is -2.36. The van der Waals surface area contributed by atoms with Gasteiger partial charge in [-0.15, -0.1) is 0 Å². The van der Waals surface area contributed by atoms with Crippen LogP contribution in [0.2, 0.25) is 0 Å². The van der Waals surface area contributed by atoms with Gasteiger partial charge in [-0.1, -0.05) is 25.6 Å². The Balaban J connectivity index is 2.54. The largest absolute Gasteiger partial charge is 0.395 e. The average Bonchev–Trinajstić information content (AvgIpc) is 2.59. The summed E-state index contributed by atoms with van der Waals surface area (Å²) in [5.41, 5.74) is 6.06. The smallest absolute Gasteiger partial charge is 0.170 e. The first-order valence-corrected chi connectivity index (χ1v) is 7.01. The van der Waals surface area contributed by atoms with Gasteiger partial charge in [0.05, 0.1) is 11.9 Å². The van der Waals surface area contributed by atoms with Crippen LogP contribution < -0.4 is 5.73 Å². The zero-order valence-electron chi connectivity index (χ0n) is 9.88. The SMILES string of the molecule is Cc1nsc(SC(CO)C(N)CC(C)C)n1. The molecule has 0 aromatic carbocycles. The van der Waals surface area contributed by atoms with Gasteiger partial charge >= 0.3 is 0 Å². The van der Waals surface area contributed by atoms with E-state index in [1.807, 2.05) is 6.92 Å². The van der Waals surface area contributed by atoms with Gasteiger partial charge in [0.1, 0.15) is 5.82 Å². The van der Waals surface area contributed by atoms with E-state index in [2.05, 4.69) is 23.2 Å². The Hall–Kier alpha value is -0.170. The molecule has 1 rings (SSSR count). The van der Waals surface area contributed by atoms with Gasteiger partial charge in [0.2, 0.25) is 0 Å². The summed E-state index contributed by atoms with van der Waals surface area (Å²) in [5.74, 6) is 1.32. The van der Waals surface area contributed by atoms with Crippen molar-refractivity contribution in [1.82, 2.24) is 9.36 Å². The quantitative estimate of drug-likeness (QED) is 0.762. The molecule has 4 nitrogen and oxygen atoms in total. The van der Waals surface area contributed by atoms with E-state index in [-0.39, 0.29) is 17.9 Å². The summed E-state index contributed by atoms with van der Waals surface area (Å²) in [6.45, 7) is 6.21. The highest BCUT2D eigenvalue weighted by molar-refractivity contribution is 8.01. The van der Waals surface area contributed by atoms with Gasteiger partial charge in [-0.3, -0.25) is 0 Å². The van der Waals surface area contributed by atoms with Gasteiger partial charge < -0.3 is 10.8 Å². The van der Waals surface area contributed by atoms with Gasteiger partial charge in [0, 0.05) is 6.04 Å². The maximum atomic E-state index is 9.33. The summed E-state index contributed by atoms with van der Waals surface area (Å²) in [6, 6.07) is -0.000735. The topological polar surface area (TPSA) is 72.0 Å². The highest BCUT2D eigenvalue weighted by atomic mass is 32.2. The molecule has 0 aliphatic heterocycles. The second-order valence-corrected chi connectivity index (χ2v) is 6.48. The molecule has 16 heavy (non-hydrogen) atoms. The Bertz CT molecular complexity index is 317. The number of nitrogens with zero attached hydrogens (tertiary/aromatic N) is 2. The molecular formula is C10H19N3OS2. The number of rotatable bonds is 6. The number of thioether (sulfide) groups is 1. The molecule has 1 aromatic rings. The van der Waals surface area contributed by atoms with Crippen molar-refractivity contribution in [2.75, 3.05) is 6.61 Å². The normalized spacial score (nSPS) is 15.4. The molecule has 6 heteroatoms. The number of hydrogen-bond donors (Lipinski definition) is 2. The number of aryl methyl sites for hydroxylation is 1. The third-order valence-corrected chi connectivity index (χ3v) is 4.37. The molecule has 1 heterocycles. The van der Waals surface area contributed by atoms with E-state index in [1.165, 1.54) is 23.3 Å². The minimum Gasteiger partial charge on any atom is -0.395 e. The predicted octanol–water partition coefficient (Wildman–Crippen LogP) is 1.67. The molecule has 0 aliphatic rings. The van der Waals surface area contributed by atoms with Gasteiger partial charge in [-0.05, 0) is 30.8 Å². The van der Waals surface area contributed by atoms with E-state index < -0.39 is 0 Å². The molecule has 0 saturated carbocycles. The van der Waals surface area contributed by atoms with E-state index in [9.17, 15) is 5.11 Å². The summed E-state index contributed by atoms with van der Waals surface area (Å²) in [7, 11) is 0. The maximum absolute atomic E-state index is 9.33. The molecule has 0 spiro atoms. The monoisotopic (exact) mass is 261 g/mol. The third kappa shape index (κ3) is 4.37. The van der Waals surface area contributed by atoms with Crippen LogP contribution in [0.25, 0.3) is 0 Å². The minimum absolute atomic E-state index is 0.000735. The molecule has 0 bridgehead atoms. The van der Waals surface area contributed by atoms with E-state index >= 15 is 0 Å². The predicted molar refractivity (Wildman–Crippen MR) is 68.8 cm³/mol. The van der Waals surface area contributed by atoms with Crippen LogP contribution in [-0.2, 0) is 0 Å². The number of nitrogens with two attached hydrogens (primary N) is 1.